The van der Waals surface area contributed by atoms with Crippen molar-refractivity contribution in [1.82, 2.24) is 0 Å². The van der Waals surface area contributed by atoms with E-state index in [0.717, 1.165) is 63.7 Å². The molecule has 0 saturated heterocycles. The van der Waals surface area contributed by atoms with Crippen LogP contribution in [0.2, 0.25) is 0 Å². The molecule has 6 heteroatoms. The number of hydrogen-bond donors (Lipinski definition) is 0. The van der Waals surface area contributed by atoms with Gasteiger partial charge in [-0.1, -0.05) is 291 Å². The largest absolute Gasteiger partial charge is 0.462 e. The van der Waals surface area contributed by atoms with Gasteiger partial charge in [0, 0.05) is 19.3 Å². The Morgan fingerprint density at radius 2 is 0.516 bits per heavy atom. The predicted octanol–water partition coefficient (Wildman–Crippen LogP) is 19.0. The molecule has 0 bridgehead atoms. The van der Waals surface area contributed by atoms with E-state index in [1.165, 1.54) is 225 Å². The fraction of sp³-hybridized carbons (Fsp3) is 0.948. The average Bonchev–Trinajstić information content (AvgIpc) is 3.28. The molecule has 0 radical (unpaired) electrons. The van der Waals surface area contributed by atoms with Crippen molar-refractivity contribution in [3.05, 3.63) is 0 Å². The smallest absolute Gasteiger partial charge is 0.306 e. The number of carbonyl (C=O) groups excluding carboxylic acids is 3. The van der Waals surface area contributed by atoms with Crippen molar-refractivity contribution in [2.45, 2.75) is 336 Å². The maximum Gasteiger partial charge on any atom is 0.306 e. The van der Waals surface area contributed by atoms with Crippen LogP contribution in [0.25, 0.3) is 0 Å². The number of unbranched alkanes of at least 4 members (excludes halogenated alkanes) is 40. The topological polar surface area (TPSA) is 78.9 Å². The second-order valence-corrected chi connectivity index (χ2v) is 20.4. The SMILES string of the molecule is CCCCCCCCCCCCCCCCCC(=O)OC[C@H](COC(=O)CCCCCCCCCCCCCCC)OC(=O)CCCCCCCCCCCCCCCCCC(C)C. The maximum absolute atomic E-state index is 12.8. The van der Waals surface area contributed by atoms with E-state index >= 15 is 0 Å². The molecule has 0 aromatic rings. The molecule has 0 heterocycles. The zero-order valence-corrected chi connectivity index (χ0v) is 43.8. The van der Waals surface area contributed by atoms with Crippen molar-refractivity contribution in [2.24, 2.45) is 5.92 Å². The van der Waals surface area contributed by atoms with Crippen molar-refractivity contribution in [2.75, 3.05) is 13.2 Å². The highest BCUT2D eigenvalue weighted by molar-refractivity contribution is 5.71. The standard InChI is InChI=1S/C58H112O6/c1-5-7-9-11-13-15-17-19-21-26-30-34-38-42-46-50-57(60)63-53-55(52-62-56(59)49-45-41-37-33-29-24-18-16-14-12-10-8-6-2)64-58(61)51-47-43-39-35-31-27-23-20-22-25-28-32-36-40-44-48-54(3)4/h54-55H,5-53H2,1-4H3/t55-/m0/s1. The molecule has 0 spiro atoms. The first-order valence-electron chi connectivity index (χ1n) is 28.9. The van der Waals surface area contributed by atoms with Gasteiger partial charge in [0.25, 0.3) is 0 Å². The summed E-state index contributed by atoms with van der Waals surface area (Å²) in [5, 5.41) is 0. The van der Waals surface area contributed by atoms with Crippen LogP contribution in [0.5, 0.6) is 0 Å². The van der Waals surface area contributed by atoms with Crippen LogP contribution < -0.4 is 0 Å². The molecule has 0 fully saturated rings. The molecule has 0 N–H and O–H groups in total. The van der Waals surface area contributed by atoms with Gasteiger partial charge in [0.2, 0.25) is 0 Å². The summed E-state index contributed by atoms with van der Waals surface area (Å²) in [6, 6.07) is 0. The molecule has 0 aromatic heterocycles. The molecule has 0 aliphatic heterocycles. The third-order valence-electron chi connectivity index (χ3n) is 13.3. The van der Waals surface area contributed by atoms with E-state index in [1.807, 2.05) is 0 Å². The second-order valence-electron chi connectivity index (χ2n) is 20.4. The molecule has 380 valence electrons. The minimum atomic E-state index is -0.761. The summed E-state index contributed by atoms with van der Waals surface area (Å²) in [6.07, 6.45) is 56.6. The first-order chi connectivity index (χ1) is 31.4. The Hall–Kier alpha value is -1.59. The summed E-state index contributed by atoms with van der Waals surface area (Å²) < 4.78 is 16.9. The molecule has 0 saturated carbocycles. The lowest BCUT2D eigenvalue weighted by Gasteiger charge is -2.18. The van der Waals surface area contributed by atoms with Gasteiger partial charge < -0.3 is 14.2 Å². The molecule has 0 rings (SSSR count). The number of carbonyl (C=O) groups is 3. The lowest BCUT2D eigenvalue weighted by Crippen LogP contribution is -2.30. The number of ether oxygens (including phenoxy) is 3. The summed E-state index contributed by atoms with van der Waals surface area (Å²) >= 11 is 0. The van der Waals surface area contributed by atoms with Crippen LogP contribution in [-0.4, -0.2) is 37.2 Å². The van der Waals surface area contributed by atoms with Crippen molar-refractivity contribution < 1.29 is 28.6 Å². The summed E-state index contributed by atoms with van der Waals surface area (Å²) in [4.78, 5) is 38.1. The number of esters is 3. The molecule has 0 aliphatic carbocycles. The van der Waals surface area contributed by atoms with Crippen LogP contribution >= 0.6 is 0 Å². The molecule has 0 aromatic carbocycles. The molecule has 0 amide bonds. The molecular formula is C58H112O6. The molecular weight excluding hydrogens is 793 g/mol. The zero-order valence-electron chi connectivity index (χ0n) is 43.8. The Balaban J connectivity index is 4.29. The van der Waals surface area contributed by atoms with Gasteiger partial charge in [-0.2, -0.15) is 0 Å². The third kappa shape index (κ3) is 51.4. The number of rotatable bonds is 53. The molecule has 1 atom stereocenters. The zero-order chi connectivity index (χ0) is 46.7. The Labute approximate surface area is 399 Å². The van der Waals surface area contributed by atoms with Crippen molar-refractivity contribution in [1.29, 1.82) is 0 Å². The van der Waals surface area contributed by atoms with Crippen molar-refractivity contribution in [3.63, 3.8) is 0 Å². The first kappa shape index (κ1) is 62.4. The fourth-order valence-corrected chi connectivity index (χ4v) is 8.92. The van der Waals surface area contributed by atoms with Crippen LogP contribution in [-0.2, 0) is 28.6 Å². The maximum atomic E-state index is 12.8. The summed E-state index contributed by atoms with van der Waals surface area (Å²) in [7, 11) is 0. The fourth-order valence-electron chi connectivity index (χ4n) is 8.92. The lowest BCUT2D eigenvalue weighted by molar-refractivity contribution is -0.167. The molecule has 6 nitrogen and oxygen atoms in total. The quantitative estimate of drug-likeness (QED) is 0.0344. The van der Waals surface area contributed by atoms with E-state index in [2.05, 4.69) is 27.7 Å². The van der Waals surface area contributed by atoms with E-state index in [4.69, 9.17) is 14.2 Å². The Bertz CT molecular complexity index is 964. The van der Waals surface area contributed by atoms with Crippen molar-refractivity contribution >= 4 is 17.9 Å². The van der Waals surface area contributed by atoms with Crippen LogP contribution in [0.15, 0.2) is 0 Å². The first-order valence-corrected chi connectivity index (χ1v) is 28.9. The summed E-state index contributed by atoms with van der Waals surface area (Å²) in [6.45, 7) is 9.07. The average molecular weight is 906 g/mol. The third-order valence-corrected chi connectivity index (χ3v) is 13.3. The highest BCUT2D eigenvalue weighted by Crippen LogP contribution is 2.18. The van der Waals surface area contributed by atoms with E-state index in [1.54, 1.807) is 0 Å². The molecule has 0 aliphatic rings. The number of hydrogen-bond acceptors (Lipinski definition) is 6. The van der Waals surface area contributed by atoms with Crippen LogP contribution in [0.1, 0.15) is 329 Å². The Morgan fingerprint density at radius 1 is 0.297 bits per heavy atom. The van der Waals surface area contributed by atoms with Crippen LogP contribution in [0.3, 0.4) is 0 Å². The van der Waals surface area contributed by atoms with Gasteiger partial charge >= 0.3 is 17.9 Å². The van der Waals surface area contributed by atoms with Crippen LogP contribution in [0.4, 0.5) is 0 Å². The minimum absolute atomic E-state index is 0.0617. The van der Waals surface area contributed by atoms with Gasteiger partial charge in [0.1, 0.15) is 13.2 Å². The summed E-state index contributed by atoms with van der Waals surface area (Å²) in [5.41, 5.74) is 0. The lowest BCUT2D eigenvalue weighted by atomic mass is 10.0. The van der Waals surface area contributed by atoms with Gasteiger partial charge in [0.05, 0.1) is 0 Å². The van der Waals surface area contributed by atoms with Gasteiger partial charge in [-0.05, 0) is 25.2 Å². The van der Waals surface area contributed by atoms with Gasteiger partial charge in [-0.3, -0.25) is 14.4 Å². The minimum Gasteiger partial charge on any atom is -0.462 e. The highest BCUT2D eigenvalue weighted by atomic mass is 16.6. The van der Waals surface area contributed by atoms with Crippen molar-refractivity contribution in [3.8, 4) is 0 Å². The molecule has 0 unspecified atom stereocenters. The van der Waals surface area contributed by atoms with Crippen LogP contribution in [0, 0.1) is 5.92 Å². The van der Waals surface area contributed by atoms with E-state index in [9.17, 15) is 14.4 Å². The van der Waals surface area contributed by atoms with Gasteiger partial charge in [-0.25, -0.2) is 0 Å². The Kier molecular flexibility index (Phi) is 51.1. The highest BCUT2D eigenvalue weighted by Gasteiger charge is 2.19. The van der Waals surface area contributed by atoms with E-state index in [-0.39, 0.29) is 31.1 Å². The predicted molar refractivity (Wildman–Crippen MR) is 275 cm³/mol. The van der Waals surface area contributed by atoms with Gasteiger partial charge in [0.15, 0.2) is 6.10 Å². The summed E-state index contributed by atoms with van der Waals surface area (Å²) in [5.74, 6) is 0.0132. The van der Waals surface area contributed by atoms with Gasteiger partial charge in [-0.15, -0.1) is 0 Å². The normalized spacial score (nSPS) is 12.0. The second kappa shape index (κ2) is 52.4. The monoisotopic (exact) mass is 905 g/mol. The van der Waals surface area contributed by atoms with E-state index < -0.39 is 6.10 Å². The van der Waals surface area contributed by atoms with E-state index in [0.29, 0.717) is 19.3 Å². The Morgan fingerprint density at radius 3 is 0.766 bits per heavy atom. The molecule has 64 heavy (non-hydrogen) atoms.